The summed E-state index contributed by atoms with van der Waals surface area (Å²) in [6, 6.07) is 14.2. The molecule has 0 aliphatic carbocycles. The molecule has 7 nitrogen and oxygen atoms in total. The summed E-state index contributed by atoms with van der Waals surface area (Å²) in [5.74, 6) is -0.529. The van der Waals surface area contributed by atoms with E-state index in [0.717, 1.165) is 6.07 Å². The maximum absolute atomic E-state index is 13.6. The molecule has 118 valence electrons. The second-order valence-electron chi connectivity index (χ2n) is 4.60. The van der Waals surface area contributed by atoms with Gasteiger partial charge in [-0.25, -0.2) is 17.5 Å². The highest BCUT2D eigenvalue weighted by atomic mass is 32.2. The van der Waals surface area contributed by atoms with Gasteiger partial charge in [-0.1, -0.05) is 30.3 Å². The molecule has 0 fully saturated rings. The first-order chi connectivity index (χ1) is 11.1. The number of nitrogens with zero attached hydrogens (tertiary/aromatic N) is 4. The molecule has 3 rings (SSSR count). The second kappa shape index (κ2) is 6.23. The lowest BCUT2D eigenvalue weighted by molar-refractivity contribution is 0.554. The normalized spacial score (nSPS) is 11.5. The van der Waals surface area contributed by atoms with E-state index in [1.807, 2.05) is 18.2 Å². The molecule has 0 aliphatic rings. The summed E-state index contributed by atoms with van der Waals surface area (Å²) in [7, 11) is -4.00. The van der Waals surface area contributed by atoms with Gasteiger partial charge in [-0.15, -0.1) is 5.10 Å². The number of hydrogen-bond acceptors (Lipinski definition) is 5. The van der Waals surface area contributed by atoms with E-state index < -0.39 is 20.7 Å². The Morgan fingerprint density at radius 1 is 1.04 bits per heavy atom. The Kier molecular flexibility index (Phi) is 4.13. The van der Waals surface area contributed by atoms with E-state index in [2.05, 4.69) is 20.2 Å². The molecule has 0 atom stereocenters. The zero-order valence-electron chi connectivity index (χ0n) is 11.8. The Labute approximate surface area is 131 Å². The van der Waals surface area contributed by atoms with Crippen LogP contribution in [0, 0.1) is 5.82 Å². The lowest BCUT2D eigenvalue weighted by Crippen LogP contribution is -2.25. The van der Waals surface area contributed by atoms with Crippen molar-refractivity contribution < 1.29 is 12.8 Å². The Balaban J connectivity index is 1.82. The smallest absolute Gasteiger partial charge is 0.207 e. The summed E-state index contributed by atoms with van der Waals surface area (Å²) in [6.45, 7) is -0.168. The van der Waals surface area contributed by atoms with Crippen LogP contribution in [0.5, 0.6) is 0 Å². The minimum atomic E-state index is -4.00. The molecule has 0 spiro atoms. The van der Waals surface area contributed by atoms with Crippen molar-refractivity contribution in [2.45, 2.75) is 11.4 Å². The average Bonchev–Trinajstić information content (AvgIpc) is 3.03. The molecule has 1 aromatic heterocycles. The average molecular weight is 333 g/mol. The van der Waals surface area contributed by atoms with E-state index in [1.54, 1.807) is 12.1 Å². The summed E-state index contributed by atoms with van der Waals surface area (Å²) in [5.41, 5.74) is 0.692. The predicted molar refractivity (Wildman–Crippen MR) is 79.6 cm³/mol. The number of benzene rings is 2. The number of tetrazole rings is 1. The van der Waals surface area contributed by atoms with Crippen molar-refractivity contribution in [1.29, 1.82) is 0 Å². The van der Waals surface area contributed by atoms with Crippen LogP contribution in [0.2, 0.25) is 0 Å². The van der Waals surface area contributed by atoms with Gasteiger partial charge in [0, 0.05) is 0 Å². The van der Waals surface area contributed by atoms with Gasteiger partial charge in [0.15, 0.2) is 5.82 Å². The quantitative estimate of drug-likeness (QED) is 0.760. The highest BCUT2D eigenvalue weighted by Crippen LogP contribution is 2.14. The van der Waals surface area contributed by atoms with Crippen molar-refractivity contribution >= 4 is 10.0 Å². The lowest BCUT2D eigenvalue weighted by Gasteiger charge is -2.08. The van der Waals surface area contributed by atoms with Gasteiger partial charge >= 0.3 is 0 Å². The van der Waals surface area contributed by atoms with Crippen LogP contribution in [0.1, 0.15) is 5.82 Å². The minimum Gasteiger partial charge on any atom is -0.207 e. The van der Waals surface area contributed by atoms with Gasteiger partial charge in [0.2, 0.25) is 10.0 Å². The van der Waals surface area contributed by atoms with Gasteiger partial charge in [-0.3, -0.25) is 0 Å². The molecule has 1 heterocycles. The summed E-state index contributed by atoms with van der Waals surface area (Å²) in [5, 5.41) is 11.2. The predicted octanol–water partition coefficient (Wildman–Crippen LogP) is 1.28. The summed E-state index contributed by atoms with van der Waals surface area (Å²) in [6.07, 6.45) is 0. The van der Waals surface area contributed by atoms with Crippen LogP contribution >= 0.6 is 0 Å². The second-order valence-corrected chi connectivity index (χ2v) is 6.33. The highest BCUT2D eigenvalue weighted by molar-refractivity contribution is 7.89. The van der Waals surface area contributed by atoms with E-state index in [9.17, 15) is 12.8 Å². The molecule has 23 heavy (non-hydrogen) atoms. The van der Waals surface area contributed by atoms with Crippen LogP contribution < -0.4 is 4.72 Å². The van der Waals surface area contributed by atoms with Crippen LogP contribution in [0.4, 0.5) is 4.39 Å². The molecule has 0 amide bonds. The van der Waals surface area contributed by atoms with E-state index >= 15 is 0 Å². The first-order valence-corrected chi connectivity index (χ1v) is 8.13. The Morgan fingerprint density at radius 3 is 2.48 bits per heavy atom. The van der Waals surface area contributed by atoms with Crippen molar-refractivity contribution in [2.24, 2.45) is 0 Å². The van der Waals surface area contributed by atoms with Crippen molar-refractivity contribution in [3.05, 3.63) is 66.2 Å². The molecule has 1 N–H and O–H groups in total. The van der Waals surface area contributed by atoms with Crippen molar-refractivity contribution in [1.82, 2.24) is 24.9 Å². The number of para-hydroxylation sites is 1. The molecule has 0 radical (unpaired) electrons. The molecular formula is C14H12FN5O2S. The molecule has 0 unspecified atom stereocenters. The van der Waals surface area contributed by atoms with Gasteiger partial charge in [-0.05, 0) is 34.7 Å². The maximum atomic E-state index is 13.6. The van der Waals surface area contributed by atoms with Crippen LogP contribution in [-0.2, 0) is 16.6 Å². The maximum Gasteiger partial charge on any atom is 0.243 e. The lowest BCUT2D eigenvalue weighted by atomic mass is 10.3. The first kappa shape index (κ1) is 15.3. The Morgan fingerprint density at radius 2 is 1.74 bits per heavy atom. The molecule has 3 aromatic rings. The Hall–Kier alpha value is -2.65. The number of hydrogen-bond donors (Lipinski definition) is 1. The third-order valence-electron chi connectivity index (χ3n) is 3.08. The van der Waals surface area contributed by atoms with Crippen molar-refractivity contribution in [3.63, 3.8) is 0 Å². The topological polar surface area (TPSA) is 89.8 Å². The van der Waals surface area contributed by atoms with E-state index in [-0.39, 0.29) is 12.4 Å². The summed E-state index contributed by atoms with van der Waals surface area (Å²) in [4.78, 5) is -0.418. The molecular weight excluding hydrogens is 321 g/mol. The van der Waals surface area contributed by atoms with Crippen LogP contribution in [-0.4, -0.2) is 28.6 Å². The molecule has 2 aromatic carbocycles. The molecule has 0 aliphatic heterocycles. The van der Waals surface area contributed by atoms with Crippen LogP contribution in [0.3, 0.4) is 0 Å². The van der Waals surface area contributed by atoms with Crippen molar-refractivity contribution in [2.75, 3.05) is 0 Å². The zero-order valence-corrected chi connectivity index (χ0v) is 12.6. The number of aromatic nitrogens is 4. The highest BCUT2D eigenvalue weighted by Gasteiger charge is 2.19. The zero-order chi connectivity index (χ0) is 16.3. The van der Waals surface area contributed by atoms with Gasteiger partial charge in [0.05, 0.1) is 12.2 Å². The number of halogens is 1. The Bertz CT molecular complexity index is 912. The first-order valence-electron chi connectivity index (χ1n) is 6.65. The minimum absolute atomic E-state index is 0.168. The number of nitrogens with one attached hydrogen (secondary N) is 1. The van der Waals surface area contributed by atoms with Crippen LogP contribution in [0.25, 0.3) is 5.69 Å². The number of rotatable bonds is 5. The van der Waals surface area contributed by atoms with Gasteiger partial charge in [0.25, 0.3) is 0 Å². The molecule has 0 bridgehead atoms. The SMILES string of the molecule is O=S(=O)(NCc1nnnn1-c1ccccc1)c1ccccc1F. The number of sulfonamides is 1. The molecule has 9 heteroatoms. The molecule has 0 saturated heterocycles. The monoisotopic (exact) mass is 333 g/mol. The fourth-order valence-corrected chi connectivity index (χ4v) is 3.04. The van der Waals surface area contributed by atoms with Crippen LogP contribution in [0.15, 0.2) is 59.5 Å². The molecule has 0 saturated carbocycles. The van der Waals surface area contributed by atoms with Crippen molar-refractivity contribution in [3.8, 4) is 5.69 Å². The summed E-state index contributed by atoms with van der Waals surface area (Å²) >= 11 is 0. The van der Waals surface area contributed by atoms with Gasteiger partial charge < -0.3 is 0 Å². The fourth-order valence-electron chi connectivity index (χ4n) is 1.99. The fraction of sp³-hybridized carbons (Fsp3) is 0.0714. The van der Waals surface area contributed by atoms with Gasteiger partial charge in [-0.2, -0.15) is 4.68 Å². The van der Waals surface area contributed by atoms with Gasteiger partial charge in [0.1, 0.15) is 10.7 Å². The standard InChI is InChI=1S/C14H12FN5O2S/c15-12-8-4-5-9-13(12)23(21,22)16-10-14-17-18-19-20(14)11-6-2-1-3-7-11/h1-9,16H,10H2. The van der Waals surface area contributed by atoms with E-state index in [4.69, 9.17) is 0 Å². The largest absolute Gasteiger partial charge is 0.243 e. The third-order valence-corrected chi connectivity index (χ3v) is 4.52. The third kappa shape index (κ3) is 3.25. The summed E-state index contributed by atoms with van der Waals surface area (Å²) < 4.78 is 41.7. The van der Waals surface area contributed by atoms with E-state index in [1.165, 1.54) is 22.9 Å². The van der Waals surface area contributed by atoms with E-state index in [0.29, 0.717) is 5.69 Å².